The number of nitrogens with zero attached hydrogens (tertiary/aromatic N) is 2. The molecule has 2 rings (SSSR count). The summed E-state index contributed by atoms with van der Waals surface area (Å²) in [6, 6.07) is 8.60. The monoisotopic (exact) mass is 229 g/mol. The van der Waals surface area contributed by atoms with Gasteiger partial charge in [-0.25, -0.2) is 4.98 Å². The number of imidazole rings is 1. The van der Waals surface area contributed by atoms with Crippen LogP contribution in [0.3, 0.4) is 0 Å². The second kappa shape index (κ2) is 4.72. The molecule has 17 heavy (non-hydrogen) atoms. The Morgan fingerprint density at radius 2 is 1.82 bits per heavy atom. The number of hydrogen-bond acceptors (Lipinski definition) is 2. The fourth-order valence-corrected chi connectivity index (χ4v) is 2.06. The molecule has 0 radical (unpaired) electrons. The van der Waals surface area contributed by atoms with E-state index in [4.69, 9.17) is 5.73 Å². The van der Waals surface area contributed by atoms with Crippen LogP contribution in [0, 0.1) is 13.8 Å². The topological polar surface area (TPSA) is 43.8 Å². The molecule has 0 spiro atoms. The molecule has 2 unspecified atom stereocenters. The van der Waals surface area contributed by atoms with E-state index in [9.17, 15) is 0 Å². The Morgan fingerprint density at radius 3 is 2.35 bits per heavy atom. The van der Waals surface area contributed by atoms with E-state index >= 15 is 0 Å². The molecule has 0 saturated carbocycles. The summed E-state index contributed by atoms with van der Waals surface area (Å²) in [5.41, 5.74) is 8.72. The summed E-state index contributed by atoms with van der Waals surface area (Å²) >= 11 is 0. The molecule has 1 aromatic carbocycles. The SMILES string of the molecule is Cc1ccc(C(N)C(C)n2ccnc2C)cc1. The van der Waals surface area contributed by atoms with Crippen molar-refractivity contribution in [3.05, 3.63) is 53.6 Å². The highest BCUT2D eigenvalue weighted by molar-refractivity contribution is 5.24. The van der Waals surface area contributed by atoms with Crippen LogP contribution in [0.4, 0.5) is 0 Å². The molecule has 0 amide bonds. The molecule has 2 atom stereocenters. The van der Waals surface area contributed by atoms with Gasteiger partial charge in [-0.3, -0.25) is 0 Å². The van der Waals surface area contributed by atoms with Crippen molar-refractivity contribution in [3.8, 4) is 0 Å². The van der Waals surface area contributed by atoms with E-state index in [0.29, 0.717) is 0 Å². The van der Waals surface area contributed by atoms with Crippen molar-refractivity contribution in [1.82, 2.24) is 9.55 Å². The quantitative estimate of drug-likeness (QED) is 0.879. The first-order valence-electron chi connectivity index (χ1n) is 5.91. The highest BCUT2D eigenvalue weighted by Gasteiger charge is 2.17. The third-order valence-electron chi connectivity index (χ3n) is 3.28. The summed E-state index contributed by atoms with van der Waals surface area (Å²) in [6.07, 6.45) is 3.79. The van der Waals surface area contributed by atoms with Gasteiger partial charge in [0.1, 0.15) is 5.82 Å². The highest BCUT2D eigenvalue weighted by Crippen LogP contribution is 2.24. The predicted octanol–water partition coefficient (Wildman–Crippen LogP) is 2.76. The second-order valence-corrected chi connectivity index (χ2v) is 4.56. The van der Waals surface area contributed by atoms with Gasteiger partial charge >= 0.3 is 0 Å². The highest BCUT2D eigenvalue weighted by atomic mass is 15.1. The standard InChI is InChI=1S/C14H19N3/c1-10-4-6-13(7-5-10)14(15)11(2)17-9-8-16-12(17)3/h4-9,11,14H,15H2,1-3H3. The van der Waals surface area contributed by atoms with Crippen LogP contribution in [-0.2, 0) is 0 Å². The molecular weight excluding hydrogens is 210 g/mol. The Hall–Kier alpha value is -1.61. The van der Waals surface area contributed by atoms with Crippen LogP contribution in [0.5, 0.6) is 0 Å². The molecule has 1 heterocycles. The fourth-order valence-electron chi connectivity index (χ4n) is 2.06. The number of nitrogens with two attached hydrogens (primary N) is 1. The molecule has 2 aromatic rings. The lowest BCUT2D eigenvalue weighted by atomic mass is 10.00. The number of benzene rings is 1. The van der Waals surface area contributed by atoms with Gasteiger partial charge in [0, 0.05) is 12.4 Å². The van der Waals surface area contributed by atoms with Crippen molar-refractivity contribution in [3.63, 3.8) is 0 Å². The van der Waals surface area contributed by atoms with Crippen LogP contribution in [-0.4, -0.2) is 9.55 Å². The van der Waals surface area contributed by atoms with E-state index in [0.717, 1.165) is 11.4 Å². The van der Waals surface area contributed by atoms with Crippen molar-refractivity contribution in [2.24, 2.45) is 5.73 Å². The fraction of sp³-hybridized carbons (Fsp3) is 0.357. The molecule has 0 bridgehead atoms. The normalized spacial score (nSPS) is 14.6. The minimum Gasteiger partial charge on any atom is -0.330 e. The maximum Gasteiger partial charge on any atom is 0.105 e. The van der Waals surface area contributed by atoms with Crippen molar-refractivity contribution >= 4 is 0 Å². The van der Waals surface area contributed by atoms with Gasteiger partial charge in [0.05, 0.1) is 12.1 Å². The third-order valence-corrected chi connectivity index (χ3v) is 3.28. The van der Waals surface area contributed by atoms with Gasteiger partial charge in [0.15, 0.2) is 0 Å². The maximum atomic E-state index is 6.30. The van der Waals surface area contributed by atoms with E-state index < -0.39 is 0 Å². The van der Waals surface area contributed by atoms with Gasteiger partial charge in [-0.05, 0) is 26.3 Å². The zero-order chi connectivity index (χ0) is 12.4. The summed E-state index contributed by atoms with van der Waals surface area (Å²) in [4.78, 5) is 4.24. The van der Waals surface area contributed by atoms with Crippen molar-refractivity contribution in [2.75, 3.05) is 0 Å². The van der Waals surface area contributed by atoms with Crippen LogP contribution < -0.4 is 5.73 Å². The maximum absolute atomic E-state index is 6.30. The molecule has 3 nitrogen and oxygen atoms in total. The number of aryl methyl sites for hydroxylation is 2. The van der Waals surface area contributed by atoms with Crippen LogP contribution in [0.15, 0.2) is 36.7 Å². The van der Waals surface area contributed by atoms with E-state index in [1.807, 2.05) is 19.3 Å². The number of rotatable bonds is 3. The summed E-state index contributed by atoms with van der Waals surface area (Å²) in [5.74, 6) is 1.00. The summed E-state index contributed by atoms with van der Waals surface area (Å²) in [5, 5.41) is 0. The number of aromatic nitrogens is 2. The second-order valence-electron chi connectivity index (χ2n) is 4.56. The lowest BCUT2D eigenvalue weighted by molar-refractivity contribution is 0.444. The van der Waals surface area contributed by atoms with Gasteiger partial charge in [-0.2, -0.15) is 0 Å². The Kier molecular flexibility index (Phi) is 3.29. The van der Waals surface area contributed by atoms with Crippen LogP contribution in [0.2, 0.25) is 0 Å². The average molecular weight is 229 g/mol. The predicted molar refractivity (Wildman–Crippen MR) is 69.8 cm³/mol. The van der Waals surface area contributed by atoms with Crippen molar-refractivity contribution in [2.45, 2.75) is 32.9 Å². The molecule has 0 aliphatic rings. The van der Waals surface area contributed by atoms with Crippen LogP contribution in [0.1, 0.15) is 36.0 Å². The Morgan fingerprint density at radius 1 is 1.18 bits per heavy atom. The lowest BCUT2D eigenvalue weighted by Crippen LogP contribution is -2.22. The summed E-state index contributed by atoms with van der Waals surface area (Å²) < 4.78 is 2.12. The molecule has 3 heteroatoms. The van der Waals surface area contributed by atoms with E-state index in [-0.39, 0.29) is 12.1 Å². The molecular formula is C14H19N3. The molecule has 0 fully saturated rings. The Balaban J connectivity index is 2.23. The van der Waals surface area contributed by atoms with E-state index in [2.05, 4.69) is 47.7 Å². The van der Waals surface area contributed by atoms with Gasteiger partial charge in [0.25, 0.3) is 0 Å². The van der Waals surface area contributed by atoms with Gasteiger partial charge < -0.3 is 10.3 Å². The van der Waals surface area contributed by atoms with Crippen molar-refractivity contribution in [1.29, 1.82) is 0 Å². The first-order valence-corrected chi connectivity index (χ1v) is 5.91. The van der Waals surface area contributed by atoms with Crippen molar-refractivity contribution < 1.29 is 0 Å². The van der Waals surface area contributed by atoms with Gasteiger partial charge in [-0.1, -0.05) is 29.8 Å². The minimum absolute atomic E-state index is 0.0106. The molecule has 2 N–H and O–H groups in total. The lowest BCUT2D eigenvalue weighted by Gasteiger charge is -2.23. The molecule has 0 aliphatic heterocycles. The number of hydrogen-bond donors (Lipinski definition) is 1. The van der Waals surface area contributed by atoms with Gasteiger partial charge in [-0.15, -0.1) is 0 Å². The zero-order valence-corrected chi connectivity index (χ0v) is 10.6. The molecule has 0 aliphatic carbocycles. The third kappa shape index (κ3) is 2.39. The first kappa shape index (κ1) is 11.9. The van der Waals surface area contributed by atoms with Gasteiger partial charge in [0.2, 0.25) is 0 Å². The Labute approximate surface area is 102 Å². The van der Waals surface area contributed by atoms with Crippen LogP contribution >= 0.6 is 0 Å². The average Bonchev–Trinajstić information content (AvgIpc) is 2.74. The largest absolute Gasteiger partial charge is 0.330 e. The van der Waals surface area contributed by atoms with E-state index in [1.54, 1.807) is 0 Å². The Bertz CT molecular complexity index is 484. The minimum atomic E-state index is -0.0106. The first-order chi connectivity index (χ1) is 8.09. The summed E-state index contributed by atoms with van der Waals surface area (Å²) in [7, 11) is 0. The zero-order valence-electron chi connectivity index (χ0n) is 10.6. The molecule has 1 aromatic heterocycles. The molecule has 0 saturated heterocycles. The molecule has 90 valence electrons. The van der Waals surface area contributed by atoms with E-state index in [1.165, 1.54) is 5.56 Å². The summed E-state index contributed by atoms with van der Waals surface area (Å²) in [6.45, 7) is 6.20. The smallest absolute Gasteiger partial charge is 0.105 e. The van der Waals surface area contributed by atoms with Crippen LogP contribution in [0.25, 0.3) is 0 Å².